The highest BCUT2D eigenvalue weighted by atomic mass is 16.1. The maximum atomic E-state index is 11.8. The summed E-state index contributed by atoms with van der Waals surface area (Å²) >= 11 is 0. The highest BCUT2D eigenvalue weighted by molar-refractivity contribution is 5.78. The van der Waals surface area contributed by atoms with E-state index in [1.165, 1.54) is 19.3 Å². The molecule has 0 atom stereocenters. The first-order valence-electron chi connectivity index (χ1n) is 7.15. The number of carbonyl (C=O) groups excluding carboxylic acids is 1. The molecule has 0 aliphatic heterocycles. The van der Waals surface area contributed by atoms with Crippen LogP contribution < -0.4 is 10.6 Å². The van der Waals surface area contributed by atoms with Crippen molar-refractivity contribution < 1.29 is 4.79 Å². The van der Waals surface area contributed by atoms with Gasteiger partial charge in [0.25, 0.3) is 0 Å². The molecule has 104 valence electrons. The number of aryl methyl sites for hydroxylation is 1. The molecule has 0 spiro atoms. The van der Waals surface area contributed by atoms with Crippen molar-refractivity contribution in [2.24, 2.45) is 0 Å². The quantitative estimate of drug-likeness (QED) is 0.851. The van der Waals surface area contributed by atoms with E-state index in [4.69, 9.17) is 0 Å². The number of nitrogens with zero attached hydrogens (tertiary/aromatic N) is 1. The molecule has 1 fully saturated rings. The predicted molar refractivity (Wildman–Crippen MR) is 75.7 cm³/mol. The Bertz CT molecular complexity index is 396. The van der Waals surface area contributed by atoms with Crippen molar-refractivity contribution in [2.75, 3.05) is 6.54 Å². The maximum Gasteiger partial charge on any atom is 0.234 e. The fraction of sp³-hybridized carbons (Fsp3) is 0.600. The SMILES string of the molecule is Cc1ccc(CNCC(=O)NC2CCCCC2)cn1. The number of nitrogens with one attached hydrogen (secondary N) is 2. The fourth-order valence-electron chi connectivity index (χ4n) is 2.45. The van der Waals surface area contributed by atoms with E-state index in [0.29, 0.717) is 19.1 Å². The van der Waals surface area contributed by atoms with Crippen LogP contribution in [0.2, 0.25) is 0 Å². The van der Waals surface area contributed by atoms with Crippen LogP contribution in [0.3, 0.4) is 0 Å². The summed E-state index contributed by atoms with van der Waals surface area (Å²) in [6.07, 6.45) is 7.91. The smallest absolute Gasteiger partial charge is 0.234 e. The minimum absolute atomic E-state index is 0.104. The number of aromatic nitrogens is 1. The predicted octanol–water partition coefficient (Wildman–Crippen LogP) is 1.93. The topological polar surface area (TPSA) is 54.0 Å². The van der Waals surface area contributed by atoms with E-state index in [0.717, 1.165) is 24.1 Å². The zero-order valence-electron chi connectivity index (χ0n) is 11.6. The van der Waals surface area contributed by atoms with Crippen LogP contribution in [0.1, 0.15) is 43.4 Å². The molecule has 1 aliphatic carbocycles. The Morgan fingerprint density at radius 1 is 1.32 bits per heavy atom. The Kier molecular flexibility index (Phi) is 5.33. The molecule has 2 rings (SSSR count). The molecule has 1 saturated carbocycles. The third-order valence-corrected chi connectivity index (χ3v) is 3.56. The van der Waals surface area contributed by atoms with Gasteiger partial charge in [0.15, 0.2) is 0 Å². The number of pyridine rings is 1. The van der Waals surface area contributed by atoms with Crippen molar-refractivity contribution in [3.05, 3.63) is 29.6 Å². The largest absolute Gasteiger partial charge is 0.352 e. The third kappa shape index (κ3) is 4.99. The Morgan fingerprint density at radius 2 is 2.11 bits per heavy atom. The second kappa shape index (κ2) is 7.24. The summed E-state index contributed by atoms with van der Waals surface area (Å²) in [6.45, 7) is 3.03. The van der Waals surface area contributed by atoms with Crippen molar-refractivity contribution in [1.82, 2.24) is 15.6 Å². The first-order chi connectivity index (χ1) is 9.24. The molecule has 1 aliphatic rings. The lowest BCUT2D eigenvalue weighted by atomic mass is 9.95. The first kappa shape index (κ1) is 14.0. The molecule has 0 unspecified atom stereocenters. The van der Waals surface area contributed by atoms with Crippen LogP contribution in [0.25, 0.3) is 0 Å². The molecular formula is C15H23N3O. The van der Waals surface area contributed by atoms with Crippen LogP contribution >= 0.6 is 0 Å². The Balaban J connectivity index is 1.64. The minimum Gasteiger partial charge on any atom is -0.352 e. The van der Waals surface area contributed by atoms with Gasteiger partial charge >= 0.3 is 0 Å². The second-order valence-corrected chi connectivity index (χ2v) is 5.31. The van der Waals surface area contributed by atoms with Gasteiger partial charge in [0.1, 0.15) is 0 Å². The van der Waals surface area contributed by atoms with Gasteiger partial charge in [-0.3, -0.25) is 9.78 Å². The number of amides is 1. The van der Waals surface area contributed by atoms with Gasteiger partial charge in [-0.25, -0.2) is 0 Å². The molecule has 4 nitrogen and oxygen atoms in total. The number of hydrogen-bond acceptors (Lipinski definition) is 3. The van der Waals surface area contributed by atoms with Crippen molar-refractivity contribution in [3.63, 3.8) is 0 Å². The Labute approximate surface area is 115 Å². The van der Waals surface area contributed by atoms with E-state index in [-0.39, 0.29) is 5.91 Å². The average Bonchev–Trinajstić information content (AvgIpc) is 2.42. The zero-order chi connectivity index (χ0) is 13.5. The second-order valence-electron chi connectivity index (χ2n) is 5.31. The molecule has 4 heteroatoms. The zero-order valence-corrected chi connectivity index (χ0v) is 11.6. The van der Waals surface area contributed by atoms with Crippen molar-refractivity contribution in [1.29, 1.82) is 0 Å². The van der Waals surface area contributed by atoms with Gasteiger partial charge in [-0.05, 0) is 31.4 Å². The standard InChI is InChI=1S/C15H23N3O/c1-12-7-8-13(10-17-12)9-16-11-15(19)18-14-5-3-2-4-6-14/h7-8,10,14,16H,2-6,9,11H2,1H3,(H,18,19). The van der Waals surface area contributed by atoms with Crippen LogP contribution in [0.15, 0.2) is 18.3 Å². The molecule has 1 aromatic rings. The average molecular weight is 261 g/mol. The molecule has 0 aromatic carbocycles. The van der Waals surface area contributed by atoms with Crippen LogP contribution in [0.5, 0.6) is 0 Å². The van der Waals surface area contributed by atoms with E-state index < -0.39 is 0 Å². The van der Waals surface area contributed by atoms with Crippen LogP contribution in [-0.4, -0.2) is 23.5 Å². The summed E-state index contributed by atoms with van der Waals surface area (Å²) < 4.78 is 0. The molecule has 0 bridgehead atoms. The summed E-state index contributed by atoms with van der Waals surface area (Å²) in [4.78, 5) is 16.0. The van der Waals surface area contributed by atoms with Gasteiger partial charge in [-0.1, -0.05) is 25.3 Å². The van der Waals surface area contributed by atoms with Crippen molar-refractivity contribution >= 4 is 5.91 Å². The highest BCUT2D eigenvalue weighted by Crippen LogP contribution is 2.17. The van der Waals surface area contributed by atoms with Crippen molar-refractivity contribution in [3.8, 4) is 0 Å². The maximum absolute atomic E-state index is 11.8. The van der Waals surface area contributed by atoms with Gasteiger partial charge in [-0.15, -0.1) is 0 Å². The Morgan fingerprint density at radius 3 is 2.79 bits per heavy atom. The monoisotopic (exact) mass is 261 g/mol. The normalized spacial score (nSPS) is 16.3. The van der Waals surface area contributed by atoms with E-state index in [1.54, 1.807) is 0 Å². The summed E-state index contributed by atoms with van der Waals surface area (Å²) in [5.74, 6) is 0.104. The van der Waals surface area contributed by atoms with Crippen LogP contribution in [0, 0.1) is 6.92 Å². The van der Waals surface area contributed by atoms with E-state index in [2.05, 4.69) is 15.6 Å². The molecule has 0 radical (unpaired) electrons. The number of hydrogen-bond donors (Lipinski definition) is 2. The van der Waals surface area contributed by atoms with E-state index >= 15 is 0 Å². The highest BCUT2D eigenvalue weighted by Gasteiger charge is 2.14. The molecule has 2 N–H and O–H groups in total. The van der Waals surface area contributed by atoms with Crippen molar-refractivity contribution in [2.45, 2.75) is 51.6 Å². The van der Waals surface area contributed by atoms with Gasteiger partial charge in [0.05, 0.1) is 6.54 Å². The molecule has 1 heterocycles. The fourth-order valence-corrected chi connectivity index (χ4v) is 2.45. The van der Waals surface area contributed by atoms with Gasteiger partial charge in [-0.2, -0.15) is 0 Å². The van der Waals surface area contributed by atoms with Crippen LogP contribution in [-0.2, 0) is 11.3 Å². The van der Waals surface area contributed by atoms with Crippen LogP contribution in [0.4, 0.5) is 0 Å². The number of carbonyl (C=O) groups is 1. The molecule has 1 aromatic heterocycles. The lowest BCUT2D eigenvalue weighted by Gasteiger charge is -2.22. The molecular weight excluding hydrogens is 238 g/mol. The summed E-state index contributed by atoms with van der Waals surface area (Å²) in [5, 5.41) is 6.26. The number of rotatable bonds is 5. The van der Waals surface area contributed by atoms with E-state index in [1.807, 2.05) is 25.3 Å². The van der Waals surface area contributed by atoms with Gasteiger partial charge < -0.3 is 10.6 Å². The summed E-state index contributed by atoms with van der Waals surface area (Å²) in [6, 6.07) is 4.41. The summed E-state index contributed by atoms with van der Waals surface area (Å²) in [5.41, 5.74) is 2.12. The summed E-state index contributed by atoms with van der Waals surface area (Å²) in [7, 11) is 0. The third-order valence-electron chi connectivity index (χ3n) is 3.56. The Hall–Kier alpha value is -1.42. The minimum atomic E-state index is 0.104. The lowest BCUT2D eigenvalue weighted by Crippen LogP contribution is -2.41. The van der Waals surface area contributed by atoms with E-state index in [9.17, 15) is 4.79 Å². The molecule has 0 saturated heterocycles. The van der Waals surface area contributed by atoms with Gasteiger partial charge in [0.2, 0.25) is 5.91 Å². The lowest BCUT2D eigenvalue weighted by molar-refractivity contribution is -0.121. The first-order valence-corrected chi connectivity index (χ1v) is 7.15. The van der Waals surface area contributed by atoms with Gasteiger partial charge in [0, 0.05) is 24.5 Å². The molecule has 19 heavy (non-hydrogen) atoms. The molecule has 1 amide bonds.